The predicted octanol–water partition coefficient (Wildman–Crippen LogP) is 13.7. The van der Waals surface area contributed by atoms with Gasteiger partial charge in [-0.15, -0.1) is 0 Å². The third-order valence-electron chi connectivity index (χ3n) is 11.6. The zero-order valence-corrected chi connectivity index (χ0v) is 28.2. The van der Waals surface area contributed by atoms with E-state index in [4.69, 9.17) is 4.42 Å². The maximum atomic E-state index is 7.00. The van der Waals surface area contributed by atoms with Gasteiger partial charge in [-0.25, -0.2) is 0 Å². The van der Waals surface area contributed by atoms with Crippen LogP contribution in [-0.2, 0) is 5.41 Å². The van der Waals surface area contributed by atoms with Crippen LogP contribution in [0.2, 0.25) is 0 Å². The Morgan fingerprint density at radius 3 is 2.14 bits per heavy atom. The molecule has 0 amide bonds. The molecule has 49 heavy (non-hydrogen) atoms. The van der Waals surface area contributed by atoms with Gasteiger partial charge in [0.15, 0.2) is 5.58 Å². The minimum absolute atomic E-state index is 0.106. The van der Waals surface area contributed by atoms with Crippen molar-refractivity contribution in [3.05, 3.63) is 150 Å². The molecule has 0 unspecified atom stereocenters. The average Bonchev–Trinajstić information content (AvgIpc) is 3.64. The Labute approximate surface area is 287 Å². The first kappa shape index (κ1) is 28.7. The second-order valence-corrected chi connectivity index (χ2v) is 14.7. The summed E-state index contributed by atoms with van der Waals surface area (Å²) in [7, 11) is 0. The third-order valence-corrected chi connectivity index (χ3v) is 11.6. The molecule has 2 aliphatic carbocycles. The van der Waals surface area contributed by atoms with E-state index < -0.39 is 0 Å². The van der Waals surface area contributed by atoms with E-state index in [0.717, 1.165) is 28.2 Å². The van der Waals surface area contributed by atoms with Gasteiger partial charge in [-0.1, -0.05) is 124 Å². The third kappa shape index (κ3) is 4.33. The lowest BCUT2D eigenvalue weighted by Crippen LogP contribution is -2.15. The molecule has 1 fully saturated rings. The van der Waals surface area contributed by atoms with Crippen LogP contribution in [0.15, 0.2) is 138 Å². The lowest BCUT2D eigenvalue weighted by molar-refractivity contribution is 0.442. The van der Waals surface area contributed by atoms with Gasteiger partial charge in [-0.3, -0.25) is 0 Å². The minimum Gasteiger partial charge on any atom is -0.454 e. The number of benzene rings is 7. The molecule has 10 rings (SSSR count). The number of rotatable bonds is 4. The Hall–Kier alpha value is -5.34. The number of hydrogen-bond donors (Lipinski definition) is 0. The van der Waals surface area contributed by atoms with Crippen LogP contribution in [0.1, 0.15) is 68.6 Å². The van der Waals surface area contributed by atoms with Gasteiger partial charge in [-0.2, -0.15) is 0 Å². The fourth-order valence-corrected chi connectivity index (χ4v) is 9.21. The van der Waals surface area contributed by atoms with E-state index in [2.05, 4.69) is 152 Å². The van der Waals surface area contributed by atoms with Crippen molar-refractivity contribution in [2.24, 2.45) is 0 Å². The van der Waals surface area contributed by atoms with Crippen LogP contribution in [0.5, 0.6) is 0 Å². The van der Waals surface area contributed by atoms with Crippen molar-refractivity contribution in [1.29, 1.82) is 0 Å². The van der Waals surface area contributed by atoms with Crippen molar-refractivity contribution in [3.63, 3.8) is 0 Å². The maximum Gasteiger partial charge on any atom is 0.159 e. The number of anilines is 3. The van der Waals surface area contributed by atoms with Gasteiger partial charge in [0.2, 0.25) is 0 Å². The fraction of sp³-hybridized carbons (Fsp3) is 0.191. The highest BCUT2D eigenvalue weighted by Gasteiger charge is 2.37. The molecule has 2 nitrogen and oxygen atoms in total. The molecule has 0 bridgehead atoms. The first-order chi connectivity index (χ1) is 24.1. The molecule has 8 aromatic rings. The largest absolute Gasteiger partial charge is 0.454 e. The van der Waals surface area contributed by atoms with E-state index in [9.17, 15) is 0 Å². The summed E-state index contributed by atoms with van der Waals surface area (Å²) in [5.41, 5.74) is 12.1. The molecule has 7 aromatic carbocycles. The summed E-state index contributed by atoms with van der Waals surface area (Å²) in [5, 5.41) is 7.56. The van der Waals surface area contributed by atoms with Crippen molar-refractivity contribution >= 4 is 60.5 Å². The van der Waals surface area contributed by atoms with E-state index in [-0.39, 0.29) is 5.41 Å². The summed E-state index contributed by atoms with van der Waals surface area (Å²) in [5.74, 6) is 0.572. The quantitative estimate of drug-likeness (QED) is 0.192. The summed E-state index contributed by atoms with van der Waals surface area (Å²) < 4.78 is 7.00. The van der Waals surface area contributed by atoms with E-state index in [1.54, 1.807) is 0 Å². The van der Waals surface area contributed by atoms with E-state index in [1.165, 1.54) is 92.2 Å². The molecule has 238 valence electrons. The molecular formula is C47H39NO. The second kappa shape index (κ2) is 10.8. The van der Waals surface area contributed by atoms with Crippen LogP contribution in [-0.4, -0.2) is 0 Å². The number of hydrogen-bond acceptors (Lipinski definition) is 2. The predicted molar refractivity (Wildman–Crippen MR) is 207 cm³/mol. The zero-order valence-electron chi connectivity index (χ0n) is 28.2. The Morgan fingerprint density at radius 1 is 0.551 bits per heavy atom. The first-order valence-corrected chi connectivity index (χ1v) is 18.0. The normalized spacial score (nSPS) is 15.6. The maximum absolute atomic E-state index is 7.00. The van der Waals surface area contributed by atoms with Crippen LogP contribution >= 0.6 is 0 Å². The summed E-state index contributed by atoms with van der Waals surface area (Å²) in [6.07, 6.45) is 6.45. The van der Waals surface area contributed by atoms with Crippen molar-refractivity contribution in [2.75, 3.05) is 4.90 Å². The minimum atomic E-state index is -0.106. The molecule has 1 heterocycles. The van der Waals surface area contributed by atoms with Crippen molar-refractivity contribution < 1.29 is 4.42 Å². The van der Waals surface area contributed by atoms with E-state index in [0.29, 0.717) is 5.92 Å². The van der Waals surface area contributed by atoms with Crippen LogP contribution in [0.25, 0.3) is 54.6 Å². The van der Waals surface area contributed by atoms with Crippen LogP contribution in [0.3, 0.4) is 0 Å². The van der Waals surface area contributed by atoms with Gasteiger partial charge in [0.1, 0.15) is 5.58 Å². The second-order valence-electron chi connectivity index (χ2n) is 14.7. The van der Waals surface area contributed by atoms with Gasteiger partial charge >= 0.3 is 0 Å². The number of fused-ring (bicyclic) bond motifs is 9. The zero-order chi connectivity index (χ0) is 32.7. The van der Waals surface area contributed by atoms with Crippen molar-refractivity contribution in [3.8, 4) is 11.1 Å². The van der Waals surface area contributed by atoms with Gasteiger partial charge in [0.05, 0.1) is 5.69 Å². The molecule has 0 atom stereocenters. The molecule has 2 heteroatoms. The number of para-hydroxylation sites is 3. The Balaban J connectivity index is 1.16. The summed E-state index contributed by atoms with van der Waals surface area (Å²) >= 11 is 0. The highest BCUT2D eigenvalue weighted by atomic mass is 16.3. The average molecular weight is 634 g/mol. The first-order valence-electron chi connectivity index (χ1n) is 18.0. The molecule has 1 aromatic heterocycles. The van der Waals surface area contributed by atoms with Gasteiger partial charge in [0.25, 0.3) is 0 Å². The Kier molecular flexibility index (Phi) is 6.34. The SMILES string of the molecule is CC1(C)c2cc3cc(N(c4ccccc4)c4cccc5c4oc4c(C6CCCCC6)cccc45)ccc3cc2-c2ccc3ccccc3c21. The van der Waals surface area contributed by atoms with Crippen LogP contribution in [0, 0.1) is 0 Å². The van der Waals surface area contributed by atoms with Gasteiger partial charge in [0, 0.05) is 27.6 Å². The molecule has 0 N–H and O–H groups in total. The van der Waals surface area contributed by atoms with Gasteiger partial charge in [-0.05, 0) is 111 Å². The fourth-order valence-electron chi connectivity index (χ4n) is 9.21. The molecule has 1 saturated carbocycles. The Morgan fingerprint density at radius 2 is 1.29 bits per heavy atom. The Bertz CT molecular complexity index is 2570. The van der Waals surface area contributed by atoms with Crippen LogP contribution in [0.4, 0.5) is 17.1 Å². The molecule has 2 aliphatic rings. The number of nitrogens with zero attached hydrogens (tertiary/aromatic N) is 1. The highest BCUT2D eigenvalue weighted by Crippen LogP contribution is 2.53. The lowest BCUT2D eigenvalue weighted by atomic mass is 9.80. The lowest BCUT2D eigenvalue weighted by Gasteiger charge is -2.26. The van der Waals surface area contributed by atoms with Crippen molar-refractivity contribution in [2.45, 2.75) is 57.3 Å². The molecule has 0 aliphatic heterocycles. The summed E-state index contributed by atoms with van der Waals surface area (Å²) in [6, 6.07) is 49.4. The van der Waals surface area contributed by atoms with Gasteiger partial charge < -0.3 is 9.32 Å². The monoisotopic (exact) mass is 633 g/mol. The topological polar surface area (TPSA) is 16.4 Å². The molecule has 0 spiro atoms. The summed E-state index contributed by atoms with van der Waals surface area (Å²) in [6.45, 7) is 4.78. The summed E-state index contributed by atoms with van der Waals surface area (Å²) in [4.78, 5) is 2.38. The smallest absolute Gasteiger partial charge is 0.159 e. The van der Waals surface area contributed by atoms with Crippen molar-refractivity contribution in [1.82, 2.24) is 0 Å². The highest BCUT2D eigenvalue weighted by molar-refractivity contribution is 6.11. The van der Waals surface area contributed by atoms with E-state index in [1.807, 2.05) is 0 Å². The molecule has 0 saturated heterocycles. The molecular weight excluding hydrogens is 595 g/mol. The standard InChI is InChI=1S/C47H39NO/c1-47(2)42-29-33-27-35(25-23-32(33)28-41(42)38-26-24-31-15-9-10-18-36(31)44(38)47)48(34-16-7-4-8-17-34)43-22-12-21-40-39-20-11-19-37(45(39)49-46(40)43)30-13-5-3-6-14-30/h4,7-12,15-30H,3,5-6,13-14H2,1-2H3. The number of furan rings is 1. The van der Waals surface area contributed by atoms with Crippen LogP contribution < -0.4 is 4.90 Å². The van der Waals surface area contributed by atoms with E-state index >= 15 is 0 Å². The molecule has 0 radical (unpaired) electrons.